The van der Waals surface area contributed by atoms with Gasteiger partial charge in [0, 0.05) is 12.3 Å². The van der Waals surface area contributed by atoms with Crippen LogP contribution in [0.4, 0.5) is 0 Å². The second kappa shape index (κ2) is 11.6. The van der Waals surface area contributed by atoms with E-state index in [2.05, 4.69) is 22.2 Å². The highest BCUT2D eigenvalue weighted by Crippen LogP contribution is 2.08. The Bertz CT molecular complexity index is 276. The predicted molar refractivity (Wildman–Crippen MR) is 68.9 cm³/mol. The molecule has 0 aromatic rings. The lowest BCUT2D eigenvalue weighted by atomic mass is 10.4. The molecule has 2 aliphatic rings. The van der Waals surface area contributed by atoms with Crippen molar-refractivity contribution in [1.29, 1.82) is 0 Å². The Morgan fingerprint density at radius 3 is 2.25 bits per heavy atom. The fourth-order valence-electron chi connectivity index (χ4n) is 0.997. The van der Waals surface area contributed by atoms with Crippen LogP contribution in [0, 0.1) is 0 Å². The van der Waals surface area contributed by atoms with Crippen LogP contribution in [-0.2, 0) is 4.79 Å². The largest absolute Gasteiger partial charge is 1.00 e. The van der Waals surface area contributed by atoms with Crippen molar-refractivity contribution in [2.24, 2.45) is 22.2 Å². The number of hydrogen-bond donors (Lipinski definition) is 3. The summed E-state index contributed by atoms with van der Waals surface area (Å²) in [5, 5.41) is 0. The van der Waals surface area contributed by atoms with Crippen molar-refractivity contribution < 1.29 is 6.22 Å². The summed E-state index contributed by atoms with van der Waals surface area (Å²) < 4.78 is 0. The first-order valence-corrected chi connectivity index (χ1v) is 4.83. The van der Waals surface area contributed by atoms with Gasteiger partial charge in [0.25, 0.3) is 5.91 Å². The Morgan fingerprint density at radius 1 is 1.19 bits per heavy atom. The highest BCUT2D eigenvalue weighted by molar-refractivity contribution is 6.16. The van der Waals surface area contributed by atoms with E-state index in [1.807, 2.05) is 6.08 Å². The van der Waals surface area contributed by atoms with E-state index < -0.39 is 0 Å². The zero-order chi connectivity index (χ0) is 13.0. The molecule has 0 aromatic carbocycles. The molecule has 0 radical (unpaired) electrons. The molecule has 0 saturated carbocycles. The maximum absolute atomic E-state index is 10.9. The minimum Gasteiger partial charge on any atom is -0.333 e. The molecule has 0 saturated heterocycles. The number of carbonyl (C=O) groups excluding carboxylic acids is 1. The molecule has 0 bridgehead atoms. The van der Waals surface area contributed by atoms with Crippen LogP contribution in [0.15, 0.2) is 29.4 Å². The SMILES string of the molecule is CN.CN.CN.O=C1C=CC2=NCC=CN12.[H+]. The van der Waals surface area contributed by atoms with Crippen LogP contribution in [0.5, 0.6) is 0 Å². The number of amidine groups is 1. The van der Waals surface area contributed by atoms with Gasteiger partial charge in [0.1, 0.15) is 5.84 Å². The summed E-state index contributed by atoms with van der Waals surface area (Å²) in [5.74, 6) is 0.752. The van der Waals surface area contributed by atoms with Crippen LogP contribution < -0.4 is 17.2 Å². The van der Waals surface area contributed by atoms with E-state index >= 15 is 0 Å². The van der Waals surface area contributed by atoms with E-state index in [-0.39, 0.29) is 7.33 Å². The Labute approximate surface area is 98.0 Å². The number of fused-ring (bicyclic) bond motifs is 1. The van der Waals surface area contributed by atoms with E-state index in [4.69, 9.17) is 0 Å². The smallest absolute Gasteiger partial charge is 0.333 e. The molecule has 6 nitrogen and oxygen atoms in total. The molecular weight excluding hydrogens is 206 g/mol. The number of carbonyl (C=O) groups is 1. The van der Waals surface area contributed by atoms with Crippen molar-refractivity contribution >= 4 is 11.7 Å². The molecule has 0 fully saturated rings. The van der Waals surface area contributed by atoms with Crippen molar-refractivity contribution in [3.8, 4) is 0 Å². The van der Waals surface area contributed by atoms with Gasteiger partial charge in [-0.05, 0) is 33.3 Å². The van der Waals surface area contributed by atoms with Crippen molar-refractivity contribution in [3.05, 3.63) is 24.4 Å². The summed E-state index contributed by atoms with van der Waals surface area (Å²) in [7, 11) is 4.50. The van der Waals surface area contributed by atoms with E-state index in [1.165, 1.54) is 32.1 Å². The van der Waals surface area contributed by atoms with E-state index in [1.54, 1.807) is 12.3 Å². The number of amides is 1. The Morgan fingerprint density at radius 2 is 1.75 bits per heavy atom. The van der Waals surface area contributed by atoms with Gasteiger partial charge in [-0.2, -0.15) is 0 Å². The summed E-state index contributed by atoms with van der Waals surface area (Å²) >= 11 is 0. The van der Waals surface area contributed by atoms with E-state index in [0.717, 1.165) is 5.84 Å². The van der Waals surface area contributed by atoms with Crippen LogP contribution in [0.1, 0.15) is 1.43 Å². The van der Waals surface area contributed by atoms with Gasteiger partial charge in [0.05, 0.1) is 6.54 Å². The van der Waals surface area contributed by atoms with Gasteiger partial charge in [0.2, 0.25) is 0 Å². The Balaban J connectivity index is -0.000000248. The first-order valence-electron chi connectivity index (χ1n) is 4.83. The molecule has 6 heteroatoms. The second-order valence-electron chi connectivity index (χ2n) is 2.13. The molecule has 0 atom stereocenters. The van der Waals surface area contributed by atoms with Crippen molar-refractivity contribution in [2.45, 2.75) is 0 Å². The number of nitrogens with zero attached hydrogens (tertiary/aromatic N) is 2. The topological polar surface area (TPSA) is 111 Å². The van der Waals surface area contributed by atoms with Crippen LogP contribution in [0.25, 0.3) is 0 Å². The molecule has 0 spiro atoms. The predicted octanol–water partition coefficient (Wildman–Crippen LogP) is -0.852. The monoisotopic (exact) mass is 228 g/mol. The van der Waals surface area contributed by atoms with Crippen molar-refractivity contribution in [2.75, 3.05) is 27.7 Å². The third-order valence-electron chi connectivity index (χ3n) is 1.47. The maximum atomic E-state index is 10.9. The number of rotatable bonds is 0. The zero-order valence-corrected chi connectivity index (χ0v) is 10.1. The molecule has 0 unspecified atom stereocenters. The van der Waals surface area contributed by atoms with Gasteiger partial charge >= 0.3 is 1.43 Å². The molecule has 2 heterocycles. The molecule has 2 rings (SSSR count). The molecule has 0 aliphatic carbocycles. The zero-order valence-electron chi connectivity index (χ0n) is 11.1. The maximum Gasteiger partial charge on any atom is 1.00 e. The molecular formula is C10H22N5O+. The lowest BCUT2D eigenvalue weighted by molar-refractivity contribution is -0.120. The van der Waals surface area contributed by atoms with Gasteiger partial charge in [-0.25, -0.2) is 0 Å². The molecule has 6 N–H and O–H groups in total. The Kier molecular flexibility index (Phi) is 12.2. The number of aliphatic imine (C=N–C) groups is 1. The Hall–Kier alpha value is -1.50. The van der Waals surface area contributed by atoms with Gasteiger partial charge in [-0.3, -0.25) is 14.7 Å². The third-order valence-corrected chi connectivity index (χ3v) is 1.47. The molecule has 2 aliphatic heterocycles. The number of hydrogen-bond acceptors (Lipinski definition) is 5. The van der Waals surface area contributed by atoms with E-state index in [0.29, 0.717) is 6.54 Å². The first kappa shape index (κ1) is 16.9. The standard InChI is InChI=1S/C7H6N2O.3CH5N/c10-7-3-2-6-8-4-1-5-9(6)7;3*1-2/h1-3,5H,4H2;3*2H2,1H3/p+1. The van der Waals surface area contributed by atoms with Crippen LogP contribution in [0.3, 0.4) is 0 Å². The minimum absolute atomic E-state index is 0. The lowest BCUT2D eigenvalue weighted by Gasteiger charge is -2.13. The summed E-state index contributed by atoms with van der Waals surface area (Å²) in [6.45, 7) is 0.684. The fourth-order valence-corrected chi connectivity index (χ4v) is 0.997. The molecule has 92 valence electrons. The van der Waals surface area contributed by atoms with Crippen LogP contribution >= 0.6 is 0 Å². The minimum atomic E-state index is -0.00491. The summed E-state index contributed by atoms with van der Waals surface area (Å²) in [6, 6.07) is 0. The average Bonchev–Trinajstić information content (AvgIpc) is 2.79. The summed E-state index contributed by atoms with van der Waals surface area (Å²) in [5.41, 5.74) is 13.5. The van der Waals surface area contributed by atoms with Gasteiger partial charge in [0.15, 0.2) is 0 Å². The highest BCUT2D eigenvalue weighted by Gasteiger charge is 2.19. The van der Waals surface area contributed by atoms with Crippen LogP contribution in [0.2, 0.25) is 0 Å². The summed E-state index contributed by atoms with van der Waals surface area (Å²) in [4.78, 5) is 16.5. The van der Waals surface area contributed by atoms with Crippen molar-refractivity contribution in [3.63, 3.8) is 0 Å². The lowest BCUT2D eigenvalue weighted by Crippen LogP contribution is -2.26. The molecule has 16 heavy (non-hydrogen) atoms. The molecule has 0 aromatic heterocycles. The number of nitrogens with two attached hydrogens (primary N) is 3. The highest BCUT2D eigenvalue weighted by atomic mass is 16.2. The fraction of sp³-hybridized carbons (Fsp3) is 0.400. The van der Waals surface area contributed by atoms with Gasteiger partial charge in [-0.15, -0.1) is 0 Å². The first-order chi connectivity index (χ1) is 7.88. The van der Waals surface area contributed by atoms with E-state index in [9.17, 15) is 4.79 Å². The third kappa shape index (κ3) is 4.83. The summed E-state index contributed by atoms with van der Waals surface area (Å²) in [6.07, 6.45) is 6.86. The van der Waals surface area contributed by atoms with Crippen LogP contribution in [-0.4, -0.2) is 44.3 Å². The van der Waals surface area contributed by atoms with Crippen molar-refractivity contribution in [1.82, 2.24) is 4.90 Å². The average molecular weight is 228 g/mol. The van der Waals surface area contributed by atoms with Gasteiger partial charge < -0.3 is 17.2 Å². The normalized spacial score (nSPS) is 14.5. The second-order valence-corrected chi connectivity index (χ2v) is 2.13. The quantitative estimate of drug-likeness (QED) is 0.501. The molecule has 1 amide bonds. The van der Waals surface area contributed by atoms with Gasteiger partial charge in [-0.1, -0.05) is 0 Å².